The molecule has 0 aromatic heterocycles. The number of aryl methyl sites for hydroxylation is 2. The minimum absolute atomic E-state index is 0.107. The Labute approximate surface area is 149 Å². The molecular weight excluding hydrogens is 316 g/mol. The lowest BCUT2D eigenvalue weighted by molar-refractivity contribution is -0.119. The van der Waals surface area contributed by atoms with Crippen LogP contribution in [0.1, 0.15) is 36.8 Å². The maximum absolute atomic E-state index is 12.0. The summed E-state index contributed by atoms with van der Waals surface area (Å²) in [5.41, 5.74) is 2.15. The number of Topliss-reactive ketones (excluding diaryl/α,β-unsaturated/α-hetero) is 1. The highest BCUT2D eigenvalue weighted by atomic mass is 16.5. The summed E-state index contributed by atoms with van der Waals surface area (Å²) in [6.07, 6.45) is 2.93. The van der Waals surface area contributed by atoms with Crippen LogP contribution in [-0.2, 0) is 17.6 Å². The fourth-order valence-electron chi connectivity index (χ4n) is 2.74. The van der Waals surface area contributed by atoms with Gasteiger partial charge in [0.1, 0.15) is 5.78 Å². The van der Waals surface area contributed by atoms with Crippen molar-refractivity contribution in [3.63, 3.8) is 0 Å². The van der Waals surface area contributed by atoms with Gasteiger partial charge in [0.2, 0.25) is 0 Å². The van der Waals surface area contributed by atoms with Crippen molar-refractivity contribution in [2.45, 2.75) is 44.6 Å². The third-order valence-electron chi connectivity index (χ3n) is 4.30. The number of phenols is 1. The SMILES string of the molecule is COc1cc(CCC(O)CCC(=O)CCc2ccccc2)ccc1O. The molecule has 2 N–H and O–H groups in total. The molecule has 0 radical (unpaired) electrons. The zero-order chi connectivity index (χ0) is 18.1. The average Bonchev–Trinajstić information content (AvgIpc) is 2.64. The van der Waals surface area contributed by atoms with Crippen molar-refractivity contribution in [3.8, 4) is 11.5 Å². The van der Waals surface area contributed by atoms with E-state index in [4.69, 9.17) is 4.74 Å². The van der Waals surface area contributed by atoms with E-state index in [1.807, 2.05) is 36.4 Å². The number of benzene rings is 2. The monoisotopic (exact) mass is 342 g/mol. The number of carbonyl (C=O) groups is 1. The molecule has 25 heavy (non-hydrogen) atoms. The lowest BCUT2D eigenvalue weighted by atomic mass is 10.00. The Balaban J connectivity index is 1.68. The largest absolute Gasteiger partial charge is 0.504 e. The van der Waals surface area contributed by atoms with Crippen LogP contribution in [0.15, 0.2) is 48.5 Å². The molecule has 0 aliphatic carbocycles. The van der Waals surface area contributed by atoms with Crippen molar-refractivity contribution < 1.29 is 19.7 Å². The first-order valence-corrected chi connectivity index (χ1v) is 8.68. The Morgan fingerprint density at radius 3 is 2.48 bits per heavy atom. The lowest BCUT2D eigenvalue weighted by Crippen LogP contribution is -2.11. The van der Waals surface area contributed by atoms with E-state index in [1.54, 1.807) is 12.1 Å². The number of hydrogen-bond donors (Lipinski definition) is 2. The molecular formula is C21H26O4. The van der Waals surface area contributed by atoms with E-state index in [1.165, 1.54) is 7.11 Å². The number of aliphatic hydroxyl groups excluding tert-OH is 1. The molecule has 0 saturated heterocycles. The summed E-state index contributed by atoms with van der Waals surface area (Å²) in [5, 5.41) is 19.7. The number of carbonyl (C=O) groups excluding carboxylic acids is 1. The minimum atomic E-state index is -0.500. The van der Waals surface area contributed by atoms with Gasteiger partial charge < -0.3 is 14.9 Å². The van der Waals surface area contributed by atoms with Crippen LogP contribution < -0.4 is 4.74 Å². The maximum Gasteiger partial charge on any atom is 0.160 e. The van der Waals surface area contributed by atoms with E-state index < -0.39 is 6.10 Å². The van der Waals surface area contributed by atoms with Crippen molar-refractivity contribution >= 4 is 5.78 Å². The second-order valence-electron chi connectivity index (χ2n) is 6.26. The molecule has 0 amide bonds. The van der Waals surface area contributed by atoms with Crippen molar-refractivity contribution in [2.24, 2.45) is 0 Å². The number of phenolic OH excluding ortho intramolecular Hbond substituents is 1. The summed E-state index contributed by atoms with van der Waals surface area (Å²) in [5.74, 6) is 0.730. The molecule has 4 nitrogen and oxygen atoms in total. The van der Waals surface area contributed by atoms with E-state index in [0.29, 0.717) is 37.9 Å². The summed E-state index contributed by atoms with van der Waals surface area (Å²) in [6, 6.07) is 15.1. The Morgan fingerprint density at radius 1 is 1.00 bits per heavy atom. The zero-order valence-electron chi connectivity index (χ0n) is 14.6. The van der Waals surface area contributed by atoms with Crippen LogP contribution in [0.2, 0.25) is 0 Å². The predicted octanol–water partition coefficient (Wildman–Crippen LogP) is 3.68. The smallest absolute Gasteiger partial charge is 0.160 e. The molecule has 1 atom stereocenters. The zero-order valence-corrected chi connectivity index (χ0v) is 14.6. The van der Waals surface area contributed by atoms with Crippen LogP contribution in [0.4, 0.5) is 0 Å². The molecule has 1 unspecified atom stereocenters. The summed E-state index contributed by atoms with van der Waals surface area (Å²) >= 11 is 0. The van der Waals surface area contributed by atoms with E-state index in [0.717, 1.165) is 17.5 Å². The van der Waals surface area contributed by atoms with Crippen molar-refractivity contribution in [3.05, 3.63) is 59.7 Å². The van der Waals surface area contributed by atoms with Gasteiger partial charge in [-0.3, -0.25) is 4.79 Å². The van der Waals surface area contributed by atoms with Gasteiger partial charge in [0.05, 0.1) is 13.2 Å². The molecule has 0 aliphatic heterocycles. The second-order valence-corrected chi connectivity index (χ2v) is 6.26. The van der Waals surface area contributed by atoms with Gasteiger partial charge in [-0.25, -0.2) is 0 Å². The first kappa shape index (κ1) is 19.0. The highest BCUT2D eigenvalue weighted by Gasteiger charge is 2.10. The van der Waals surface area contributed by atoms with E-state index in [9.17, 15) is 15.0 Å². The third kappa shape index (κ3) is 6.59. The molecule has 0 bridgehead atoms. The van der Waals surface area contributed by atoms with Gasteiger partial charge in [-0.2, -0.15) is 0 Å². The summed E-state index contributed by atoms with van der Waals surface area (Å²) < 4.78 is 5.08. The minimum Gasteiger partial charge on any atom is -0.504 e. The molecule has 4 heteroatoms. The first-order valence-electron chi connectivity index (χ1n) is 8.68. The quantitative estimate of drug-likeness (QED) is 0.691. The third-order valence-corrected chi connectivity index (χ3v) is 4.30. The van der Waals surface area contributed by atoms with Crippen molar-refractivity contribution in [2.75, 3.05) is 7.11 Å². The van der Waals surface area contributed by atoms with Crippen LogP contribution in [0.3, 0.4) is 0 Å². The molecule has 0 fully saturated rings. The highest BCUT2D eigenvalue weighted by molar-refractivity contribution is 5.78. The number of ether oxygens (including phenoxy) is 1. The summed E-state index contributed by atoms with van der Waals surface area (Å²) in [7, 11) is 1.51. The molecule has 2 rings (SSSR count). The molecule has 2 aromatic carbocycles. The predicted molar refractivity (Wildman–Crippen MR) is 98.0 cm³/mol. The number of rotatable bonds is 10. The van der Waals surface area contributed by atoms with Crippen LogP contribution in [-0.4, -0.2) is 29.2 Å². The maximum atomic E-state index is 12.0. The second kappa shape index (κ2) is 9.84. The van der Waals surface area contributed by atoms with Gasteiger partial charge in [-0.15, -0.1) is 0 Å². The van der Waals surface area contributed by atoms with E-state index in [2.05, 4.69) is 0 Å². The Kier molecular flexibility index (Phi) is 7.48. The van der Waals surface area contributed by atoms with Crippen LogP contribution in [0.5, 0.6) is 11.5 Å². The Bertz CT molecular complexity index is 667. The number of methoxy groups -OCH3 is 1. The van der Waals surface area contributed by atoms with Crippen molar-refractivity contribution in [1.29, 1.82) is 0 Å². The van der Waals surface area contributed by atoms with Gasteiger partial charge in [-0.1, -0.05) is 36.4 Å². The standard InChI is InChI=1S/C21H26O4/c1-25-21-15-17(9-14-20(21)24)8-11-19(23)13-12-18(22)10-7-16-5-3-2-4-6-16/h2-6,9,14-15,19,23-24H,7-8,10-13H2,1H3. The molecule has 0 spiro atoms. The Hall–Kier alpha value is -2.33. The van der Waals surface area contributed by atoms with Crippen LogP contribution in [0, 0.1) is 0 Å². The average molecular weight is 342 g/mol. The van der Waals surface area contributed by atoms with Crippen LogP contribution >= 0.6 is 0 Å². The normalized spacial score (nSPS) is 11.9. The van der Waals surface area contributed by atoms with Gasteiger partial charge >= 0.3 is 0 Å². The number of aromatic hydroxyl groups is 1. The first-order chi connectivity index (χ1) is 12.1. The van der Waals surface area contributed by atoms with E-state index in [-0.39, 0.29) is 11.5 Å². The van der Waals surface area contributed by atoms with Gasteiger partial charge in [-0.05, 0) is 48.9 Å². The molecule has 0 heterocycles. The van der Waals surface area contributed by atoms with Crippen LogP contribution in [0.25, 0.3) is 0 Å². The van der Waals surface area contributed by atoms with Gasteiger partial charge in [0.15, 0.2) is 11.5 Å². The topological polar surface area (TPSA) is 66.8 Å². The molecule has 0 aliphatic rings. The highest BCUT2D eigenvalue weighted by Crippen LogP contribution is 2.27. The lowest BCUT2D eigenvalue weighted by Gasteiger charge is -2.11. The molecule has 134 valence electrons. The van der Waals surface area contributed by atoms with Gasteiger partial charge in [0, 0.05) is 12.8 Å². The summed E-state index contributed by atoms with van der Waals surface area (Å²) in [6.45, 7) is 0. The van der Waals surface area contributed by atoms with Crippen molar-refractivity contribution in [1.82, 2.24) is 0 Å². The van der Waals surface area contributed by atoms with E-state index >= 15 is 0 Å². The number of ketones is 1. The number of aliphatic hydroxyl groups is 1. The molecule has 2 aromatic rings. The fourth-order valence-corrected chi connectivity index (χ4v) is 2.74. The Morgan fingerprint density at radius 2 is 1.76 bits per heavy atom. The fraction of sp³-hybridized carbons (Fsp3) is 0.381. The molecule has 0 saturated carbocycles. The van der Waals surface area contributed by atoms with Gasteiger partial charge in [0.25, 0.3) is 0 Å². The number of hydrogen-bond acceptors (Lipinski definition) is 4. The summed E-state index contributed by atoms with van der Waals surface area (Å²) in [4.78, 5) is 12.0.